The molecule has 2 aliphatic heterocycles. The molecule has 1 saturated heterocycles. The van der Waals surface area contributed by atoms with Gasteiger partial charge in [0, 0.05) is 37.8 Å². The Labute approximate surface area is 161 Å². The summed E-state index contributed by atoms with van der Waals surface area (Å²) in [5.74, 6) is 2.03. The van der Waals surface area contributed by atoms with Gasteiger partial charge in [-0.05, 0) is 55.4 Å². The van der Waals surface area contributed by atoms with Gasteiger partial charge in [0.1, 0.15) is 5.75 Å². The van der Waals surface area contributed by atoms with E-state index < -0.39 is 0 Å². The zero-order valence-corrected chi connectivity index (χ0v) is 16.6. The van der Waals surface area contributed by atoms with E-state index in [1.165, 1.54) is 6.42 Å². The van der Waals surface area contributed by atoms with E-state index in [2.05, 4.69) is 29.4 Å². The van der Waals surface area contributed by atoms with Crippen molar-refractivity contribution in [1.29, 1.82) is 0 Å². The van der Waals surface area contributed by atoms with Crippen LogP contribution < -0.4 is 15.4 Å². The monoisotopic (exact) mass is 373 g/mol. The van der Waals surface area contributed by atoms with Crippen molar-refractivity contribution in [3.8, 4) is 5.75 Å². The van der Waals surface area contributed by atoms with Gasteiger partial charge in [-0.1, -0.05) is 13.8 Å². The summed E-state index contributed by atoms with van der Waals surface area (Å²) in [6.07, 6.45) is 2.48. The third-order valence-electron chi connectivity index (χ3n) is 5.23. The second-order valence-electron chi connectivity index (χ2n) is 8.29. The van der Waals surface area contributed by atoms with Crippen LogP contribution in [0.15, 0.2) is 18.2 Å². The van der Waals surface area contributed by atoms with Crippen molar-refractivity contribution in [2.24, 2.45) is 11.8 Å². The Balaban J connectivity index is 1.43. The fraction of sp³-hybridized carbons (Fsp3) is 0.619. The highest BCUT2D eigenvalue weighted by Crippen LogP contribution is 2.26. The van der Waals surface area contributed by atoms with Crippen LogP contribution in [0, 0.1) is 11.8 Å². The lowest BCUT2D eigenvalue weighted by Crippen LogP contribution is -2.47. The van der Waals surface area contributed by atoms with Gasteiger partial charge in [-0.3, -0.25) is 9.59 Å². The van der Waals surface area contributed by atoms with Crippen LogP contribution in [-0.2, 0) is 16.0 Å². The normalized spacial score (nSPS) is 23.9. The summed E-state index contributed by atoms with van der Waals surface area (Å²) in [5, 5.41) is 5.88. The first-order chi connectivity index (χ1) is 12.9. The maximum absolute atomic E-state index is 12.2. The molecule has 1 aromatic rings. The predicted molar refractivity (Wildman–Crippen MR) is 106 cm³/mol. The maximum atomic E-state index is 12.2. The van der Waals surface area contributed by atoms with Gasteiger partial charge >= 0.3 is 0 Å². The molecule has 6 nitrogen and oxygen atoms in total. The second-order valence-corrected chi connectivity index (χ2v) is 8.29. The number of benzene rings is 1. The number of aryl methyl sites for hydroxylation is 1. The Kier molecular flexibility index (Phi) is 6.37. The lowest BCUT2D eigenvalue weighted by atomic mass is 9.92. The molecule has 2 heterocycles. The molecule has 0 radical (unpaired) electrons. The minimum absolute atomic E-state index is 0.00227. The quantitative estimate of drug-likeness (QED) is 0.803. The number of fused-ring (bicyclic) bond motifs is 1. The molecule has 3 atom stereocenters. The van der Waals surface area contributed by atoms with E-state index >= 15 is 0 Å². The summed E-state index contributed by atoms with van der Waals surface area (Å²) in [6, 6.07) is 5.62. The Morgan fingerprint density at radius 3 is 2.78 bits per heavy atom. The number of hydrogen-bond donors (Lipinski definition) is 2. The number of nitrogens with zero attached hydrogens (tertiary/aromatic N) is 1. The average Bonchev–Trinajstić information content (AvgIpc) is 2.58. The molecule has 0 bridgehead atoms. The second kappa shape index (κ2) is 8.74. The molecule has 2 N–H and O–H groups in total. The van der Waals surface area contributed by atoms with Crippen LogP contribution in [-0.4, -0.2) is 49.0 Å². The highest BCUT2D eigenvalue weighted by molar-refractivity contribution is 5.94. The third kappa shape index (κ3) is 5.70. The number of nitrogens with one attached hydrogen (secondary N) is 2. The number of ether oxygens (including phenoxy) is 1. The molecule has 2 amide bonds. The van der Waals surface area contributed by atoms with Gasteiger partial charge in [0.05, 0.1) is 0 Å². The van der Waals surface area contributed by atoms with Gasteiger partial charge in [0.15, 0.2) is 6.61 Å². The van der Waals surface area contributed by atoms with Crippen molar-refractivity contribution in [3.63, 3.8) is 0 Å². The summed E-state index contributed by atoms with van der Waals surface area (Å²) in [4.78, 5) is 26.1. The number of anilines is 1. The highest BCUT2D eigenvalue weighted by atomic mass is 16.5. The van der Waals surface area contributed by atoms with Crippen molar-refractivity contribution in [1.82, 2.24) is 10.2 Å². The first-order valence-electron chi connectivity index (χ1n) is 9.96. The molecule has 2 aliphatic rings. The van der Waals surface area contributed by atoms with E-state index in [0.29, 0.717) is 30.4 Å². The topological polar surface area (TPSA) is 70.7 Å². The van der Waals surface area contributed by atoms with Crippen molar-refractivity contribution in [2.75, 3.05) is 31.6 Å². The van der Waals surface area contributed by atoms with E-state index in [1.54, 1.807) is 6.07 Å². The molecule has 1 aromatic carbocycles. The molecular weight excluding hydrogens is 342 g/mol. The van der Waals surface area contributed by atoms with Crippen molar-refractivity contribution in [2.45, 2.75) is 46.1 Å². The molecular formula is C21H31N3O3. The Morgan fingerprint density at radius 1 is 1.30 bits per heavy atom. The number of amides is 2. The van der Waals surface area contributed by atoms with Gasteiger partial charge in [-0.15, -0.1) is 0 Å². The van der Waals surface area contributed by atoms with E-state index in [0.717, 1.165) is 30.9 Å². The Morgan fingerprint density at radius 2 is 2.04 bits per heavy atom. The smallest absolute Gasteiger partial charge is 0.258 e. The first kappa shape index (κ1) is 19.7. The van der Waals surface area contributed by atoms with Crippen LogP contribution in [0.5, 0.6) is 5.75 Å². The maximum Gasteiger partial charge on any atom is 0.258 e. The van der Waals surface area contributed by atoms with Crippen molar-refractivity contribution < 1.29 is 14.3 Å². The van der Waals surface area contributed by atoms with E-state index in [9.17, 15) is 9.59 Å². The predicted octanol–water partition coefficient (Wildman–Crippen LogP) is 2.43. The standard InChI is InChI=1S/C21H31N3O3/c1-14-8-15(2)11-24(10-14)12-16(3)22-21(26)13-27-18-5-6-19-17(9-18)4-7-20(25)23-19/h5-6,9,14-16H,4,7-8,10-13H2,1-3H3,(H,22,26)(H,23,25). The minimum Gasteiger partial charge on any atom is -0.484 e. The summed E-state index contributed by atoms with van der Waals surface area (Å²) in [6.45, 7) is 9.72. The van der Waals surface area contributed by atoms with Gasteiger partial charge in [0.2, 0.25) is 5.91 Å². The van der Waals surface area contributed by atoms with E-state index in [4.69, 9.17) is 4.74 Å². The summed E-state index contributed by atoms with van der Waals surface area (Å²) in [7, 11) is 0. The van der Waals surface area contributed by atoms with Gasteiger partial charge in [-0.2, -0.15) is 0 Å². The molecule has 0 aliphatic carbocycles. The largest absolute Gasteiger partial charge is 0.484 e. The van der Waals surface area contributed by atoms with Crippen molar-refractivity contribution in [3.05, 3.63) is 23.8 Å². The summed E-state index contributed by atoms with van der Waals surface area (Å²) >= 11 is 0. The first-order valence-corrected chi connectivity index (χ1v) is 9.96. The van der Waals surface area contributed by atoms with Gasteiger partial charge < -0.3 is 20.3 Å². The average molecular weight is 373 g/mol. The number of carbonyl (C=O) groups is 2. The molecule has 3 rings (SSSR count). The molecule has 6 heteroatoms. The number of hydrogen-bond acceptors (Lipinski definition) is 4. The molecule has 0 saturated carbocycles. The molecule has 148 valence electrons. The summed E-state index contributed by atoms with van der Waals surface area (Å²) < 4.78 is 5.65. The molecule has 3 unspecified atom stereocenters. The lowest BCUT2D eigenvalue weighted by Gasteiger charge is -2.36. The van der Waals surface area contributed by atoms with Gasteiger partial charge in [0.25, 0.3) is 5.91 Å². The fourth-order valence-electron chi connectivity index (χ4n) is 4.29. The lowest BCUT2D eigenvalue weighted by molar-refractivity contribution is -0.123. The van der Waals surface area contributed by atoms with E-state index in [1.807, 2.05) is 19.1 Å². The van der Waals surface area contributed by atoms with Crippen LogP contribution in [0.4, 0.5) is 5.69 Å². The highest BCUT2D eigenvalue weighted by Gasteiger charge is 2.23. The molecule has 0 aromatic heterocycles. The molecule has 1 fully saturated rings. The van der Waals surface area contributed by atoms with E-state index in [-0.39, 0.29) is 24.5 Å². The van der Waals surface area contributed by atoms with Crippen LogP contribution in [0.3, 0.4) is 0 Å². The Bertz CT molecular complexity index is 681. The van der Waals surface area contributed by atoms with Crippen molar-refractivity contribution >= 4 is 17.5 Å². The molecule has 27 heavy (non-hydrogen) atoms. The number of carbonyl (C=O) groups excluding carboxylic acids is 2. The molecule has 0 spiro atoms. The number of piperidine rings is 1. The Hall–Kier alpha value is -2.08. The van der Waals surface area contributed by atoms with Gasteiger partial charge in [-0.25, -0.2) is 0 Å². The van der Waals surface area contributed by atoms with Crippen LogP contribution in [0.25, 0.3) is 0 Å². The fourth-order valence-corrected chi connectivity index (χ4v) is 4.29. The van der Waals surface area contributed by atoms with Crippen LogP contribution >= 0.6 is 0 Å². The zero-order valence-electron chi connectivity index (χ0n) is 16.6. The SMILES string of the molecule is CC1CC(C)CN(CC(C)NC(=O)COc2ccc3c(c2)CCC(=O)N3)C1. The third-order valence-corrected chi connectivity index (χ3v) is 5.23. The minimum atomic E-state index is -0.105. The number of likely N-dealkylation sites (tertiary alicyclic amines) is 1. The number of rotatable bonds is 6. The van der Waals surface area contributed by atoms with Crippen LogP contribution in [0.2, 0.25) is 0 Å². The zero-order chi connectivity index (χ0) is 19.4. The van der Waals surface area contributed by atoms with Crippen LogP contribution in [0.1, 0.15) is 39.2 Å². The summed E-state index contributed by atoms with van der Waals surface area (Å²) in [5.41, 5.74) is 1.89.